The average Bonchev–Trinajstić information content (AvgIpc) is 2.35. The molecule has 3 N–H and O–H groups in total. The maximum Gasteiger partial charge on any atom is 0.223 e. The molecule has 4 nitrogen and oxygen atoms in total. The zero-order valence-electron chi connectivity index (χ0n) is 12.2. The van der Waals surface area contributed by atoms with E-state index in [9.17, 15) is 0 Å². The van der Waals surface area contributed by atoms with E-state index < -0.39 is 0 Å². The molecule has 1 aromatic heterocycles. The summed E-state index contributed by atoms with van der Waals surface area (Å²) in [5.41, 5.74) is 8.15. The fourth-order valence-electron chi connectivity index (χ4n) is 1.72. The summed E-state index contributed by atoms with van der Waals surface area (Å²) in [6.45, 7) is 11.2. The largest absolute Gasteiger partial charge is 0.352 e. The van der Waals surface area contributed by atoms with E-state index in [1.54, 1.807) is 0 Å². The Hall–Kier alpha value is -1.16. The molecule has 0 aromatic carbocycles. The number of nitrogens with two attached hydrogens (primary N) is 1. The van der Waals surface area contributed by atoms with Crippen molar-refractivity contribution in [1.82, 2.24) is 9.97 Å². The highest BCUT2D eigenvalue weighted by molar-refractivity contribution is 5.29. The van der Waals surface area contributed by atoms with Gasteiger partial charge in [-0.25, -0.2) is 9.97 Å². The summed E-state index contributed by atoms with van der Waals surface area (Å²) in [6.07, 6.45) is 1.89. The molecule has 0 aliphatic rings. The van der Waals surface area contributed by atoms with Crippen molar-refractivity contribution < 1.29 is 0 Å². The van der Waals surface area contributed by atoms with Gasteiger partial charge in [0.1, 0.15) is 0 Å². The van der Waals surface area contributed by atoms with Gasteiger partial charge in [-0.1, -0.05) is 27.7 Å². The topological polar surface area (TPSA) is 63.8 Å². The molecule has 1 aromatic rings. The SMILES string of the molecule is CCC(N)(CC)CNc1nc(C)cc(C(C)C)n1. The molecule has 0 amide bonds. The van der Waals surface area contributed by atoms with Crippen LogP contribution in [-0.4, -0.2) is 22.1 Å². The molecule has 0 atom stereocenters. The molecular weight excluding hydrogens is 224 g/mol. The monoisotopic (exact) mass is 250 g/mol. The fraction of sp³-hybridized carbons (Fsp3) is 0.714. The summed E-state index contributed by atoms with van der Waals surface area (Å²) >= 11 is 0. The molecule has 0 saturated heterocycles. The van der Waals surface area contributed by atoms with Crippen LogP contribution in [0.15, 0.2) is 6.07 Å². The number of nitrogens with zero attached hydrogens (tertiary/aromatic N) is 2. The van der Waals surface area contributed by atoms with Gasteiger partial charge in [-0.3, -0.25) is 0 Å². The van der Waals surface area contributed by atoms with E-state index in [0.717, 1.165) is 24.2 Å². The van der Waals surface area contributed by atoms with Crippen LogP contribution in [0.1, 0.15) is 57.8 Å². The van der Waals surface area contributed by atoms with Gasteiger partial charge in [0.25, 0.3) is 0 Å². The molecule has 0 aliphatic heterocycles. The Morgan fingerprint density at radius 1 is 1.28 bits per heavy atom. The number of aromatic nitrogens is 2. The predicted molar refractivity (Wildman–Crippen MR) is 76.8 cm³/mol. The van der Waals surface area contributed by atoms with Gasteiger partial charge in [-0.05, 0) is 31.7 Å². The van der Waals surface area contributed by atoms with E-state index in [1.807, 2.05) is 13.0 Å². The summed E-state index contributed by atoms with van der Waals surface area (Å²) < 4.78 is 0. The van der Waals surface area contributed by atoms with Gasteiger partial charge < -0.3 is 11.1 Å². The third-order valence-corrected chi connectivity index (χ3v) is 3.47. The Bertz CT molecular complexity index is 383. The fourth-order valence-corrected chi connectivity index (χ4v) is 1.72. The standard InChI is InChI=1S/C14H26N4/c1-6-14(15,7-2)9-16-13-17-11(5)8-12(18-13)10(3)4/h8,10H,6-7,9,15H2,1-5H3,(H,16,17,18). The number of rotatable bonds is 6. The Labute approximate surface area is 110 Å². The van der Waals surface area contributed by atoms with E-state index >= 15 is 0 Å². The van der Waals surface area contributed by atoms with Gasteiger partial charge in [0.2, 0.25) is 5.95 Å². The minimum Gasteiger partial charge on any atom is -0.352 e. The van der Waals surface area contributed by atoms with Crippen LogP contribution >= 0.6 is 0 Å². The van der Waals surface area contributed by atoms with Crippen LogP contribution in [0.2, 0.25) is 0 Å². The molecule has 0 bridgehead atoms. The third kappa shape index (κ3) is 3.95. The van der Waals surface area contributed by atoms with Crippen molar-refractivity contribution in [2.24, 2.45) is 5.73 Å². The van der Waals surface area contributed by atoms with Gasteiger partial charge in [0.05, 0.1) is 0 Å². The van der Waals surface area contributed by atoms with Crippen LogP contribution in [-0.2, 0) is 0 Å². The maximum atomic E-state index is 6.26. The van der Waals surface area contributed by atoms with Gasteiger partial charge in [0, 0.05) is 23.5 Å². The lowest BCUT2D eigenvalue weighted by atomic mass is 9.94. The quantitative estimate of drug-likeness (QED) is 0.815. The lowest BCUT2D eigenvalue weighted by Gasteiger charge is -2.27. The van der Waals surface area contributed by atoms with Crippen molar-refractivity contribution >= 4 is 5.95 Å². The van der Waals surface area contributed by atoms with Crippen molar-refractivity contribution in [1.29, 1.82) is 0 Å². The van der Waals surface area contributed by atoms with E-state index in [1.165, 1.54) is 0 Å². The summed E-state index contributed by atoms with van der Waals surface area (Å²) in [6, 6.07) is 2.03. The lowest BCUT2D eigenvalue weighted by Crippen LogP contribution is -2.45. The minimum absolute atomic E-state index is 0.175. The van der Waals surface area contributed by atoms with Gasteiger partial charge in [-0.15, -0.1) is 0 Å². The summed E-state index contributed by atoms with van der Waals surface area (Å²) in [4.78, 5) is 8.94. The number of aryl methyl sites for hydroxylation is 1. The average molecular weight is 250 g/mol. The van der Waals surface area contributed by atoms with Crippen LogP contribution in [0.4, 0.5) is 5.95 Å². The number of nitrogens with one attached hydrogen (secondary N) is 1. The van der Waals surface area contributed by atoms with Crippen LogP contribution in [0.3, 0.4) is 0 Å². The first-order valence-corrected chi connectivity index (χ1v) is 6.78. The van der Waals surface area contributed by atoms with Crippen LogP contribution < -0.4 is 11.1 Å². The second kappa shape index (κ2) is 6.14. The molecule has 1 rings (SSSR count). The van der Waals surface area contributed by atoms with Crippen molar-refractivity contribution in [3.63, 3.8) is 0 Å². The Morgan fingerprint density at radius 3 is 2.39 bits per heavy atom. The van der Waals surface area contributed by atoms with Crippen molar-refractivity contribution in [3.05, 3.63) is 17.5 Å². The molecule has 0 unspecified atom stereocenters. The Balaban J connectivity index is 2.79. The van der Waals surface area contributed by atoms with E-state index in [-0.39, 0.29) is 5.54 Å². The molecule has 1 heterocycles. The smallest absolute Gasteiger partial charge is 0.223 e. The molecule has 0 saturated carbocycles. The summed E-state index contributed by atoms with van der Waals surface area (Å²) in [5, 5.41) is 3.28. The van der Waals surface area contributed by atoms with Crippen LogP contribution in [0.5, 0.6) is 0 Å². The number of hydrogen-bond acceptors (Lipinski definition) is 4. The highest BCUT2D eigenvalue weighted by Gasteiger charge is 2.20. The van der Waals surface area contributed by atoms with Gasteiger partial charge in [0.15, 0.2) is 0 Å². The second-order valence-electron chi connectivity index (χ2n) is 5.34. The van der Waals surface area contributed by atoms with Crippen molar-refractivity contribution in [2.75, 3.05) is 11.9 Å². The zero-order chi connectivity index (χ0) is 13.8. The molecule has 18 heavy (non-hydrogen) atoms. The molecule has 102 valence electrons. The first kappa shape index (κ1) is 14.9. The minimum atomic E-state index is -0.175. The third-order valence-electron chi connectivity index (χ3n) is 3.47. The molecule has 4 heteroatoms. The summed E-state index contributed by atoms with van der Waals surface area (Å²) in [7, 11) is 0. The van der Waals surface area contributed by atoms with E-state index in [0.29, 0.717) is 18.4 Å². The number of hydrogen-bond donors (Lipinski definition) is 2. The first-order chi connectivity index (χ1) is 8.40. The van der Waals surface area contributed by atoms with Gasteiger partial charge >= 0.3 is 0 Å². The summed E-state index contributed by atoms with van der Waals surface area (Å²) in [5.74, 6) is 1.10. The molecule has 0 radical (unpaired) electrons. The molecule has 0 aliphatic carbocycles. The molecule has 0 spiro atoms. The van der Waals surface area contributed by atoms with Crippen molar-refractivity contribution in [2.45, 2.75) is 58.9 Å². The molecular formula is C14H26N4. The van der Waals surface area contributed by atoms with E-state index in [4.69, 9.17) is 5.73 Å². The highest BCUT2D eigenvalue weighted by atomic mass is 15.1. The predicted octanol–water partition coefficient (Wildman–Crippen LogP) is 2.84. The van der Waals surface area contributed by atoms with Crippen LogP contribution in [0.25, 0.3) is 0 Å². The van der Waals surface area contributed by atoms with Gasteiger partial charge in [-0.2, -0.15) is 0 Å². The van der Waals surface area contributed by atoms with Crippen LogP contribution in [0, 0.1) is 6.92 Å². The first-order valence-electron chi connectivity index (χ1n) is 6.78. The number of anilines is 1. The maximum absolute atomic E-state index is 6.26. The lowest BCUT2D eigenvalue weighted by molar-refractivity contribution is 0.417. The zero-order valence-corrected chi connectivity index (χ0v) is 12.2. The normalized spacial score (nSPS) is 11.9. The Kier molecular flexibility index (Phi) is 5.08. The Morgan fingerprint density at radius 2 is 1.89 bits per heavy atom. The van der Waals surface area contributed by atoms with Crippen molar-refractivity contribution in [3.8, 4) is 0 Å². The molecule has 0 fully saturated rings. The van der Waals surface area contributed by atoms with E-state index in [2.05, 4.69) is 43.0 Å². The second-order valence-corrected chi connectivity index (χ2v) is 5.34. The highest BCUT2D eigenvalue weighted by Crippen LogP contribution is 2.16.